The Kier molecular flexibility index (Phi) is 10.4. The zero-order valence-electron chi connectivity index (χ0n) is 22.9. The molecule has 0 fully saturated rings. The van der Waals surface area contributed by atoms with E-state index in [1.165, 1.54) is 39.5 Å². The van der Waals surface area contributed by atoms with Crippen LogP contribution in [0.25, 0.3) is 0 Å². The first-order chi connectivity index (χ1) is 20.8. The Labute approximate surface area is 253 Å². The van der Waals surface area contributed by atoms with Gasteiger partial charge in [0.25, 0.3) is 15.7 Å². The van der Waals surface area contributed by atoms with Gasteiger partial charge in [-0.2, -0.15) is 23.5 Å². The number of amides is 2. The number of carbonyl (C=O) groups is 2. The van der Waals surface area contributed by atoms with E-state index in [-0.39, 0.29) is 39.9 Å². The highest BCUT2D eigenvalue weighted by Crippen LogP contribution is 2.38. The summed E-state index contributed by atoms with van der Waals surface area (Å²) in [5.41, 5.74) is 4.66. The largest absolute Gasteiger partial charge is 0.481 e. The van der Waals surface area contributed by atoms with E-state index in [0.717, 1.165) is 10.9 Å². The maximum absolute atomic E-state index is 12.3. The molecule has 0 unspecified atom stereocenters. The summed E-state index contributed by atoms with van der Waals surface area (Å²) >= 11 is 5.94. The highest BCUT2D eigenvalue weighted by atomic mass is 35.5. The first-order valence-electron chi connectivity index (χ1n) is 11.8. The molecule has 18 nitrogen and oxygen atoms in total. The lowest BCUT2D eigenvalue weighted by atomic mass is 10.2. The van der Waals surface area contributed by atoms with E-state index in [0.29, 0.717) is 5.75 Å². The number of sulfonamides is 1. The second-order valence-electron chi connectivity index (χ2n) is 8.11. The molecular formula is C24H23ClN8O10S. The number of rotatable bonds is 9. The summed E-state index contributed by atoms with van der Waals surface area (Å²) in [5.74, 6) is -0.819. The number of nitro benzene ring substituents is 1. The number of nitrogen functional groups attached to an aromatic ring is 1. The van der Waals surface area contributed by atoms with Crippen molar-refractivity contribution in [1.82, 2.24) is 24.5 Å². The summed E-state index contributed by atoms with van der Waals surface area (Å²) in [5, 5.41) is 24.7. The van der Waals surface area contributed by atoms with Crippen LogP contribution < -0.4 is 30.0 Å². The Bertz CT molecular complexity index is 1780. The third-order valence-electron chi connectivity index (χ3n) is 5.21. The van der Waals surface area contributed by atoms with Gasteiger partial charge in [-0.05, 0) is 18.2 Å². The molecule has 0 atom stereocenters. The number of carboxylic acid groups (broad SMARTS) is 1. The van der Waals surface area contributed by atoms with Crippen LogP contribution in [0, 0.1) is 10.1 Å². The molecule has 4 rings (SSSR count). The normalized spacial score (nSPS) is 10.5. The van der Waals surface area contributed by atoms with E-state index in [4.69, 9.17) is 36.7 Å². The first kappa shape index (κ1) is 32.8. The summed E-state index contributed by atoms with van der Waals surface area (Å²) in [6, 6.07) is 11.7. The van der Waals surface area contributed by atoms with Gasteiger partial charge in [-0.15, -0.1) is 0 Å². The van der Waals surface area contributed by atoms with Crippen molar-refractivity contribution in [1.29, 1.82) is 0 Å². The van der Waals surface area contributed by atoms with Crippen molar-refractivity contribution in [2.75, 3.05) is 25.3 Å². The summed E-state index contributed by atoms with van der Waals surface area (Å²) < 4.78 is 42.4. The molecule has 2 heterocycles. The lowest BCUT2D eigenvalue weighted by Gasteiger charge is -2.10. The van der Waals surface area contributed by atoms with Crippen LogP contribution in [0.15, 0.2) is 59.8 Å². The third-order valence-corrected chi connectivity index (χ3v) is 7.05. The monoisotopic (exact) mass is 650 g/mol. The van der Waals surface area contributed by atoms with Crippen LogP contribution in [0.2, 0.25) is 5.02 Å². The number of hydrogen-bond acceptors (Lipinski definition) is 13. The summed E-state index contributed by atoms with van der Waals surface area (Å²) in [7, 11) is -0.667. The summed E-state index contributed by atoms with van der Waals surface area (Å²) in [6.45, 7) is 0. The molecule has 4 aromatic rings. The van der Waals surface area contributed by atoms with Crippen molar-refractivity contribution in [2.24, 2.45) is 7.05 Å². The van der Waals surface area contributed by atoms with Gasteiger partial charge in [0.1, 0.15) is 27.8 Å². The number of methoxy groups -OCH3 is 2. The fraction of sp³-hybridized carbons (Fsp3) is 0.125. The second kappa shape index (κ2) is 14.0. The first-order valence-corrected chi connectivity index (χ1v) is 13.6. The van der Waals surface area contributed by atoms with Crippen LogP contribution in [0.5, 0.6) is 23.3 Å². The molecule has 232 valence electrons. The molecule has 20 heteroatoms. The van der Waals surface area contributed by atoms with Crippen molar-refractivity contribution in [2.45, 2.75) is 5.03 Å². The minimum Gasteiger partial charge on any atom is -0.481 e. The minimum atomic E-state index is -4.53. The standard InChI is InChI=1S/C12H9ClN2O3.C12H14N6O7S/c13-11-10(18-8-4-2-1-3-5-8)7-6-9(12(11)14)15(16)17;1-18-9(6(5-13-18)10(19)20)26(22,23)17-12(21)16-11-14-7(24-2)4-8(15-11)25-3/h1-7H,14H2;4-5H,1-3H3,(H,19,20)(H2,14,15,16,17,21). The number of nitrogens with zero attached hydrogens (tertiary/aromatic N) is 5. The number of benzene rings is 2. The van der Waals surface area contributed by atoms with E-state index in [1.807, 2.05) is 6.07 Å². The molecule has 0 aliphatic rings. The van der Waals surface area contributed by atoms with Gasteiger partial charge < -0.3 is 25.1 Å². The zero-order chi connectivity index (χ0) is 32.6. The number of urea groups is 1. The SMILES string of the molecule is COc1cc(OC)nc(NC(=O)NS(=O)(=O)c2c(C(=O)O)cnn2C)n1.Nc1c([N+](=O)[O-])ccc(Oc2ccccc2)c1Cl. The second-order valence-corrected chi connectivity index (χ2v) is 10.1. The van der Waals surface area contributed by atoms with Crippen LogP contribution in [0.4, 0.5) is 22.1 Å². The number of carbonyl (C=O) groups excluding carboxylic acids is 1. The van der Waals surface area contributed by atoms with Gasteiger partial charge in [-0.1, -0.05) is 29.8 Å². The number of carboxylic acids is 1. The molecule has 0 spiro atoms. The molecule has 2 aromatic heterocycles. The Morgan fingerprint density at radius 2 is 1.70 bits per heavy atom. The highest BCUT2D eigenvalue weighted by molar-refractivity contribution is 7.90. The van der Waals surface area contributed by atoms with E-state index >= 15 is 0 Å². The summed E-state index contributed by atoms with van der Waals surface area (Å²) in [4.78, 5) is 40.8. The van der Waals surface area contributed by atoms with Gasteiger partial charge in [0.15, 0.2) is 5.03 Å². The number of para-hydroxylation sites is 1. The fourth-order valence-corrected chi connectivity index (χ4v) is 4.69. The number of aromatic carboxylic acids is 1. The molecule has 44 heavy (non-hydrogen) atoms. The number of nitrogens with one attached hydrogen (secondary N) is 2. The molecular weight excluding hydrogens is 628 g/mol. The molecule has 0 aliphatic heterocycles. The lowest BCUT2D eigenvalue weighted by molar-refractivity contribution is -0.383. The molecule has 0 aliphatic carbocycles. The van der Waals surface area contributed by atoms with Gasteiger partial charge in [0.05, 0.1) is 31.4 Å². The highest BCUT2D eigenvalue weighted by Gasteiger charge is 2.29. The molecule has 5 N–H and O–H groups in total. The topological polar surface area (TPSA) is 253 Å². The zero-order valence-corrected chi connectivity index (χ0v) is 24.5. The van der Waals surface area contributed by atoms with Crippen molar-refractivity contribution in [3.8, 4) is 23.3 Å². The van der Waals surface area contributed by atoms with Crippen molar-refractivity contribution < 1.29 is 42.2 Å². The maximum atomic E-state index is 12.3. The van der Waals surface area contributed by atoms with Gasteiger partial charge >= 0.3 is 12.0 Å². The van der Waals surface area contributed by atoms with E-state index in [9.17, 15) is 28.1 Å². The fourth-order valence-electron chi connectivity index (χ4n) is 3.27. The maximum Gasteiger partial charge on any atom is 0.340 e. The number of nitrogens with two attached hydrogens (primary N) is 1. The van der Waals surface area contributed by atoms with Crippen molar-refractivity contribution in [3.63, 3.8) is 0 Å². The number of hydrogen-bond donors (Lipinski definition) is 4. The number of halogens is 1. The van der Waals surface area contributed by atoms with Gasteiger partial charge in [-0.25, -0.2) is 14.3 Å². The minimum absolute atomic E-state index is 0.0352. The Balaban J connectivity index is 0.000000257. The number of aromatic nitrogens is 4. The van der Waals surface area contributed by atoms with Crippen LogP contribution in [-0.4, -0.2) is 64.4 Å². The Morgan fingerprint density at radius 1 is 1.09 bits per heavy atom. The van der Waals surface area contributed by atoms with E-state index in [2.05, 4.69) is 20.4 Å². The van der Waals surface area contributed by atoms with E-state index in [1.54, 1.807) is 29.0 Å². The van der Waals surface area contributed by atoms with Crippen LogP contribution in [0.1, 0.15) is 10.4 Å². The molecule has 0 bridgehead atoms. The average Bonchev–Trinajstić information content (AvgIpc) is 3.38. The molecule has 2 amide bonds. The van der Waals surface area contributed by atoms with Crippen LogP contribution >= 0.6 is 11.6 Å². The summed E-state index contributed by atoms with van der Waals surface area (Å²) in [6.07, 6.45) is 0.852. The predicted molar refractivity (Wildman–Crippen MR) is 154 cm³/mol. The molecule has 0 saturated heterocycles. The van der Waals surface area contributed by atoms with Gasteiger partial charge in [-0.3, -0.25) is 20.1 Å². The number of nitro groups is 1. The lowest BCUT2D eigenvalue weighted by Crippen LogP contribution is -2.36. The third kappa shape index (κ3) is 7.98. The van der Waals surface area contributed by atoms with Crippen molar-refractivity contribution in [3.05, 3.63) is 75.4 Å². The van der Waals surface area contributed by atoms with Gasteiger partial charge in [0.2, 0.25) is 17.7 Å². The predicted octanol–water partition coefficient (Wildman–Crippen LogP) is 3.06. The Hall–Kier alpha value is -5.69. The van der Waals surface area contributed by atoms with Crippen molar-refractivity contribution >= 4 is 50.9 Å². The van der Waals surface area contributed by atoms with Crippen LogP contribution in [0.3, 0.4) is 0 Å². The van der Waals surface area contributed by atoms with Gasteiger partial charge in [0, 0.05) is 13.1 Å². The smallest absolute Gasteiger partial charge is 0.340 e. The molecule has 2 aromatic carbocycles. The average molecular weight is 651 g/mol. The van der Waals surface area contributed by atoms with Crippen LogP contribution in [-0.2, 0) is 17.1 Å². The molecule has 0 radical (unpaired) electrons. The Morgan fingerprint density at radius 3 is 2.25 bits per heavy atom. The quantitative estimate of drug-likeness (QED) is 0.115. The van der Waals surface area contributed by atoms with E-state index < -0.39 is 37.5 Å². The number of aryl methyl sites for hydroxylation is 1. The number of anilines is 2. The molecule has 0 saturated carbocycles. The number of ether oxygens (including phenoxy) is 3.